The highest BCUT2D eigenvalue weighted by atomic mass is 16.6. The second kappa shape index (κ2) is 7.35. The molecule has 1 aromatic heterocycles. The van der Waals surface area contributed by atoms with Gasteiger partial charge >= 0.3 is 6.09 Å². The van der Waals surface area contributed by atoms with Crippen molar-refractivity contribution < 1.29 is 9.53 Å². The van der Waals surface area contributed by atoms with Crippen LogP contribution in [0.1, 0.15) is 16.8 Å². The van der Waals surface area contributed by atoms with Crippen LogP contribution in [-0.2, 0) is 24.3 Å². The summed E-state index contributed by atoms with van der Waals surface area (Å²) in [5, 5.41) is 0. The molecule has 3 aromatic rings. The van der Waals surface area contributed by atoms with Gasteiger partial charge in [-0.15, -0.1) is 0 Å². The maximum atomic E-state index is 12.4. The molecule has 4 rings (SSSR count). The third-order valence-electron chi connectivity index (χ3n) is 4.44. The summed E-state index contributed by atoms with van der Waals surface area (Å²) in [4.78, 5) is 23.2. The van der Waals surface area contributed by atoms with Crippen molar-refractivity contribution in [3.63, 3.8) is 0 Å². The van der Waals surface area contributed by atoms with E-state index in [-0.39, 0.29) is 12.7 Å². The molecule has 0 saturated heterocycles. The molecule has 5 heteroatoms. The van der Waals surface area contributed by atoms with Gasteiger partial charge in [0.1, 0.15) is 6.61 Å². The van der Waals surface area contributed by atoms with Crippen LogP contribution in [0, 0.1) is 0 Å². The Kier molecular flexibility index (Phi) is 4.60. The quantitative estimate of drug-likeness (QED) is 0.724. The normalized spacial score (nSPS) is 13.2. The van der Waals surface area contributed by atoms with Crippen molar-refractivity contribution in [3.8, 4) is 11.4 Å². The van der Waals surface area contributed by atoms with Crippen LogP contribution >= 0.6 is 0 Å². The predicted molar refractivity (Wildman–Crippen MR) is 98.2 cm³/mol. The SMILES string of the molecule is O=C(OCc1ccccc1)N1CCc2cnc(-c3ccccc3)nc2C1. The van der Waals surface area contributed by atoms with Crippen LogP contribution in [0.5, 0.6) is 0 Å². The van der Waals surface area contributed by atoms with E-state index in [0.29, 0.717) is 18.9 Å². The molecule has 0 fully saturated rings. The maximum absolute atomic E-state index is 12.4. The summed E-state index contributed by atoms with van der Waals surface area (Å²) >= 11 is 0. The van der Waals surface area contributed by atoms with Crippen molar-refractivity contribution in [2.45, 2.75) is 19.6 Å². The Hall–Kier alpha value is -3.21. The molecule has 0 radical (unpaired) electrons. The molecule has 5 nitrogen and oxygen atoms in total. The first-order valence-electron chi connectivity index (χ1n) is 8.65. The summed E-state index contributed by atoms with van der Waals surface area (Å²) in [7, 11) is 0. The lowest BCUT2D eigenvalue weighted by molar-refractivity contribution is 0.0912. The summed E-state index contributed by atoms with van der Waals surface area (Å²) in [5.74, 6) is 0.684. The monoisotopic (exact) mass is 345 g/mol. The van der Waals surface area contributed by atoms with E-state index in [1.165, 1.54) is 0 Å². The lowest BCUT2D eigenvalue weighted by Crippen LogP contribution is -2.37. The van der Waals surface area contributed by atoms with Crippen LogP contribution in [-0.4, -0.2) is 27.5 Å². The number of benzene rings is 2. The lowest BCUT2D eigenvalue weighted by atomic mass is 10.1. The average Bonchev–Trinajstić information content (AvgIpc) is 2.72. The first kappa shape index (κ1) is 16.3. The molecular formula is C21H19N3O2. The summed E-state index contributed by atoms with van der Waals surface area (Å²) in [6.45, 7) is 1.35. The fourth-order valence-corrected chi connectivity index (χ4v) is 3.00. The van der Waals surface area contributed by atoms with Gasteiger partial charge in [0.15, 0.2) is 5.82 Å². The average molecular weight is 345 g/mol. The molecule has 0 N–H and O–H groups in total. The van der Waals surface area contributed by atoms with Crippen LogP contribution in [0.15, 0.2) is 66.9 Å². The zero-order valence-corrected chi connectivity index (χ0v) is 14.3. The fraction of sp³-hybridized carbons (Fsp3) is 0.190. The van der Waals surface area contributed by atoms with Crippen molar-refractivity contribution in [2.75, 3.05) is 6.54 Å². The Morgan fingerprint density at radius 2 is 1.77 bits per heavy atom. The van der Waals surface area contributed by atoms with Crippen LogP contribution < -0.4 is 0 Å². The molecule has 130 valence electrons. The van der Waals surface area contributed by atoms with Gasteiger partial charge in [-0.25, -0.2) is 14.8 Å². The standard InChI is InChI=1S/C21H19N3O2/c25-21(26-15-16-7-3-1-4-8-16)24-12-11-18-13-22-20(23-19(18)14-24)17-9-5-2-6-10-17/h1-10,13H,11-12,14-15H2. The predicted octanol–water partition coefficient (Wildman–Crippen LogP) is 3.84. The van der Waals surface area contributed by atoms with Gasteiger partial charge in [0.05, 0.1) is 12.2 Å². The number of fused-ring (bicyclic) bond motifs is 1. The zero-order valence-electron chi connectivity index (χ0n) is 14.3. The van der Waals surface area contributed by atoms with E-state index in [2.05, 4.69) is 9.97 Å². The number of nitrogens with zero attached hydrogens (tertiary/aromatic N) is 3. The molecule has 0 atom stereocenters. The highest BCUT2D eigenvalue weighted by molar-refractivity contribution is 5.68. The number of rotatable bonds is 3. The van der Waals surface area contributed by atoms with Gasteiger partial charge in [0, 0.05) is 18.3 Å². The topological polar surface area (TPSA) is 55.3 Å². The smallest absolute Gasteiger partial charge is 0.410 e. The minimum atomic E-state index is -0.306. The largest absolute Gasteiger partial charge is 0.445 e. The van der Waals surface area contributed by atoms with Crippen LogP contribution in [0.3, 0.4) is 0 Å². The first-order valence-corrected chi connectivity index (χ1v) is 8.65. The van der Waals surface area contributed by atoms with Crippen molar-refractivity contribution in [3.05, 3.63) is 83.7 Å². The van der Waals surface area contributed by atoms with Gasteiger partial charge < -0.3 is 9.64 Å². The van der Waals surface area contributed by atoms with Gasteiger partial charge in [0.25, 0.3) is 0 Å². The van der Waals surface area contributed by atoms with E-state index in [4.69, 9.17) is 4.74 Å². The summed E-state index contributed by atoms with van der Waals surface area (Å²) < 4.78 is 5.44. The van der Waals surface area contributed by atoms with Gasteiger partial charge in [0.2, 0.25) is 0 Å². The van der Waals surface area contributed by atoms with E-state index >= 15 is 0 Å². The Balaban J connectivity index is 1.45. The fourth-order valence-electron chi connectivity index (χ4n) is 3.00. The lowest BCUT2D eigenvalue weighted by Gasteiger charge is -2.27. The number of amides is 1. The molecule has 0 spiro atoms. The van der Waals surface area contributed by atoms with Gasteiger partial charge in [-0.1, -0.05) is 60.7 Å². The molecular weight excluding hydrogens is 326 g/mol. The third kappa shape index (κ3) is 3.57. The molecule has 2 aromatic carbocycles. The minimum absolute atomic E-state index is 0.280. The van der Waals surface area contributed by atoms with E-state index in [0.717, 1.165) is 28.8 Å². The number of ether oxygens (including phenoxy) is 1. The third-order valence-corrected chi connectivity index (χ3v) is 4.44. The summed E-state index contributed by atoms with van der Waals surface area (Å²) in [6.07, 6.45) is 2.31. The highest BCUT2D eigenvalue weighted by Gasteiger charge is 2.23. The van der Waals surface area contributed by atoms with E-state index in [9.17, 15) is 4.79 Å². The minimum Gasteiger partial charge on any atom is -0.445 e. The first-order chi connectivity index (χ1) is 12.8. The number of carbonyl (C=O) groups is 1. The Labute approximate surface area is 152 Å². The van der Waals surface area contributed by atoms with Gasteiger partial charge in [-0.3, -0.25) is 0 Å². The highest BCUT2D eigenvalue weighted by Crippen LogP contribution is 2.21. The van der Waals surface area contributed by atoms with Crippen LogP contribution in [0.2, 0.25) is 0 Å². The molecule has 0 unspecified atom stereocenters. The molecule has 26 heavy (non-hydrogen) atoms. The van der Waals surface area contributed by atoms with E-state index in [1.54, 1.807) is 4.90 Å². The zero-order chi connectivity index (χ0) is 17.8. The maximum Gasteiger partial charge on any atom is 0.410 e. The van der Waals surface area contributed by atoms with Gasteiger partial charge in [-0.05, 0) is 17.5 Å². The van der Waals surface area contributed by atoms with Crippen molar-refractivity contribution in [1.29, 1.82) is 0 Å². The Morgan fingerprint density at radius 3 is 2.54 bits per heavy atom. The second-order valence-electron chi connectivity index (χ2n) is 6.24. The number of carbonyl (C=O) groups excluding carboxylic acids is 1. The van der Waals surface area contributed by atoms with Crippen LogP contribution in [0.4, 0.5) is 4.79 Å². The molecule has 0 bridgehead atoms. The number of hydrogen-bond acceptors (Lipinski definition) is 4. The Bertz CT molecular complexity index is 898. The van der Waals surface area contributed by atoms with Crippen LogP contribution in [0.25, 0.3) is 11.4 Å². The second-order valence-corrected chi connectivity index (χ2v) is 6.24. The van der Waals surface area contributed by atoms with Crippen molar-refractivity contribution >= 4 is 6.09 Å². The molecule has 2 heterocycles. The number of hydrogen-bond donors (Lipinski definition) is 0. The molecule has 0 saturated carbocycles. The molecule has 0 aliphatic carbocycles. The van der Waals surface area contributed by atoms with Gasteiger partial charge in [-0.2, -0.15) is 0 Å². The molecule has 1 amide bonds. The summed E-state index contributed by atoms with van der Waals surface area (Å²) in [5.41, 5.74) is 3.93. The molecule has 1 aliphatic heterocycles. The summed E-state index contributed by atoms with van der Waals surface area (Å²) in [6, 6.07) is 19.5. The van der Waals surface area contributed by atoms with E-state index in [1.807, 2.05) is 66.9 Å². The Morgan fingerprint density at radius 1 is 1.04 bits per heavy atom. The van der Waals surface area contributed by atoms with Crippen molar-refractivity contribution in [2.24, 2.45) is 0 Å². The molecule has 1 aliphatic rings. The number of aromatic nitrogens is 2. The van der Waals surface area contributed by atoms with E-state index < -0.39 is 0 Å². The van der Waals surface area contributed by atoms with Crippen molar-refractivity contribution in [1.82, 2.24) is 14.9 Å².